The summed E-state index contributed by atoms with van der Waals surface area (Å²) in [6.07, 6.45) is 0.104. The van der Waals surface area contributed by atoms with Gasteiger partial charge in [-0.3, -0.25) is 0 Å². The van der Waals surface area contributed by atoms with E-state index in [-0.39, 0.29) is 22.1 Å². The molecule has 0 spiro atoms. The first-order valence-corrected chi connectivity index (χ1v) is 15.0. The molecule has 1 amide bonds. The van der Waals surface area contributed by atoms with Crippen molar-refractivity contribution in [2.45, 2.75) is 75.5 Å². The molecule has 0 unspecified atom stereocenters. The predicted octanol–water partition coefficient (Wildman–Crippen LogP) is 6.22. The second kappa shape index (κ2) is 13.2. The monoisotopic (exact) mass is 581 g/mol. The number of sulfone groups is 1. The third kappa shape index (κ3) is 9.08. The van der Waals surface area contributed by atoms with E-state index in [4.69, 9.17) is 14.2 Å². The average molecular weight is 582 g/mol. The molecule has 41 heavy (non-hydrogen) atoms. The van der Waals surface area contributed by atoms with Crippen LogP contribution in [0.15, 0.2) is 88.7 Å². The molecule has 8 nitrogen and oxygen atoms in total. The number of esters is 1. The standard InChI is InChI=1S/C32H39NO7S/c1-7-38-29(34)32(5,6)39-26-14-11-15-28(22-26)41(36,37)27-18-16-24(17-19-27)20-21-33(30(35)40-31(2,3)4)23-25-12-9-8-10-13-25/h8-19,22H,7,20-21,23H2,1-6H3. The zero-order valence-electron chi connectivity index (χ0n) is 24.5. The van der Waals surface area contributed by atoms with E-state index in [9.17, 15) is 18.0 Å². The molecule has 0 heterocycles. The first kappa shape index (κ1) is 31.7. The minimum atomic E-state index is -3.85. The number of hydrogen-bond donors (Lipinski definition) is 0. The van der Waals surface area contributed by atoms with E-state index >= 15 is 0 Å². The molecular formula is C32H39NO7S. The lowest BCUT2D eigenvalue weighted by Gasteiger charge is -2.27. The van der Waals surface area contributed by atoms with Gasteiger partial charge in [-0.15, -0.1) is 0 Å². The third-order valence-electron chi connectivity index (χ3n) is 6.03. The number of amides is 1. The molecule has 0 saturated carbocycles. The summed E-state index contributed by atoms with van der Waals surface area (Å²) in [4.78, 5) is 26.9. The second-order valence-corrected chi connectivity index (χ2v) is 13.0. The van der Waals surface area contributed by atoms with Gasteiger partial charge in [0.05, 0.1) is 16.4 Å². The highest BCUT2D eigenvalue weighted by atomic mass is 32.2. The summed E-state index contributed by atoms with van der Waals surface area (Å²) in [6, 6.07) is 22.3. The molecule has 3 rings (SSSR count). The first-order chi connectivity index (χ1) is 19.2. The number of ether oxygens (including phenoxy) is 3. The number of carbonyl (C=O) groups is 2. The Labute approximate surface area is 243 Å². The maximum Gasteiger partial charge on any atom is 0.410 e. The van der Waals surface area contributed by atoms with Gasteiger partial charge in [-0.05, 0) is 89.4 Å². The van der Waals surface area contributed by atoms with Gasteiger partial charge in [-0.2, -0.15) is 0 Å². The van der Waals surface area contributed by atoms with Crippen LogP contribution in [0.2, 0.25) is 0 Å². The molecule has 0 aliphatic rings. The third-order valence-corrected chi connectivity index (χ3v) is 7.80. The van der Waals surface area contributed by atoms with Crippen LogP contribution >= 0.6 is 0 Å². The molecule has 0 fully saturated rings. The van der Waals surface area contributed by atoms with Crippen LogP contribution in [0.5, 0.6) is 5.75 Å². The van der Waals surface area contributed by atoms with Crippen molar-refractivity contribution in [2.75, 3.05) is 13.2 Å². The van der Waals surface area contributed by atoms with Gasteiger partial charge in [0.2, 0.25) is 9.84 Å². The van der Waals surface area contributed by atoms with Crippen LogP contribution in [0.4, 0.5) is 4.79 Å². The Balaban J connectivity index is 1.73. The van der Waals surface area contributed by atoms with Crippen LogP contribution in [0.1, 0.15) is 52.7 Å². The van der Waals surface area contributed by atoms with Crippen LogP contribution in [-0.2, 0) is 37.1 Å². The minimum absolute atomic E-state index is 0.0429. The van der Waals surface area contributed by atoms with Crippen molar-refractivity contribution >= 4 is 21.9 Å². The summed E-state index contributed by atoms with van der Waals surface area (Å²) < 4.78 is 43.2. The van der Waals surface area contributed by atoms with Crippen LogP contribution in [-0.4, -0.2) is 49.7 Å². The van der Waals surface area contributed by atoms with Crippen LogP contribution in [0.3, 0.4) is 0 Å². The van der Waals surface area contributed by atoms with E-state index in [0.717, 1.165) is 11.1 Å². The average Bonchev–Trinajstić information content (AvgIpc) is 2.91. The zero-order chi connectivity index (χ0) is 30.3. The molecule has 0 N–H and O–H groups in total. The summed E-state index contributed by atoms with van der Waals surface area (Å²) >= 11 is 0. The molecule has 0 atom stereocenters. The molecule has 0 aliphatic carbocycles. The van der Waals surface area contributed by atoms with Gasteiger partial charge < -0.3 is 19.1 Å². The van der Waals surface area contributed by atoms with Gasteiger partial charge >= 0.3 is 12.1 Å². The van der Waals surface area contributed by atoms with Crippen molar-refractivity contribution in [3.8, 4) is 5.75 Å². The number of rotatable bonds is 11. The highest BCUT2D eigenvalue weighted by Crippen LogP contribution is 2.27. The second-order valence-electron chi connectivity index (χ2n) is 11.1. The van der Waals surface area contributed by atoms with E-state index in [1.54, 1.807) is 62.1 Å². The van der Waals surface area contributed by atoms with Crippen LogP contribution in [0.25, 0.3) is 0 Å². The lowest BCUT2D eigenvalue weighted by atomic mass is 10.1. The number of hydrogen-bond acceptors (Lipinski definition) is 7. The van der Waals surface area contributed by atoms with Gasteiger partial charge in [-0.25, -0.2) is 18.0 Å². The molecule has 220 valence electrons. The fraction of sp³-hybridized carbons (Fsp3) is 0.375. The molecule has 0 radical (unpaired) electrons. The fourth-order valence-corrected chi connectivity index (χ4v) is 5.24. The van der Waals surface area contributed by atoms with E-state index in [1.807, 2.05) is 51.1 Å². The molecule has 0 aliphatic heterocycles. The number of benzene rings is 3. The maximum atomic E-state index is 13.4. The summed E-state index contributed by atoms with van der Waals surface area (Å²) in [6.45, 7) is 11.3. The van der Waals surface area contributed by atoms with Gasteiger partial charge in [0, 0.05) is 13.1 Å². The smallest absolute Gasteiger partial charge is 0.410 e. The zero-order valence-corrected chi connectivity index (χ0v) is 25.4. The quantitative estimate of drug-likeness (QED) is 0.248. The minimum Gasteiger partial charge on any atom is -0.476 e. The van der Waals surface area contributed by atoms with Crippen molar-refractivity contribution in [1.82, 2.24) is 4.90 Å². The lowest BCUT2D eigenvalue weighted by Crippen LogP contribution is -2.39. The van der Waals surface area contributed by atoms with Gasteiger partial charge in [0.1, 0.15) is 11.4 Å². The number of carbonyl (C=O) groups excluding carboxylic acids is 2. The highest BCUT2D eigenvalue weighted by Gasteiger charge is 2.32. The molecular weight excluding hydrogens is 542 g/mol. The lowest BCUT2D eigenvalue weighted by molar-refractivity contribution is -0.158. The summed E-state index contributed by atoms with van der Waals surface area (Å²) in [5.41, 5.74) is -0.0531. The molecule has 9 heteroatoms. The van der Waals surface area contributed by atoms with Crippen molar-refractivity contribution in [3.05, 3.63) is 90.0 Å². The Hall–Kier alpha value is -3.85. The summed E-state index contributed by atoms with van der Waals surface area (Å²) in [7, 11) is -3.85. The van der Waals surface area contributed by atoms with E-state index in [1.165, 1.54) is 12.1 Å². The Morgan fingerprint density at radius 2 is 1.46 bits per heavy atom. The Morgan fingerprint density at radius 3 is 2.07 bits per heavy atom. The topological polar surface area (TPSA) is 99.2 Å². The van der Waals surface area contributed by atoms with Gasteiger partial charge in [0.25, 0.3) is 0 Å². The van der Waals surface area contributed by atoms with E-state index < -0.39 is 33.1 Å². The van der Waals surface area contributed by atoms with E-state index in [2.05, 4.69) is 0 Å². The predicted molar refractivity (Wildman–Crippen MR) is 156 cm³/mol. The fourth-order valence-electron chi connectivity index (χ4n) is 3.95. The normalized spacial score (nSPS) is 12.0. The molecule has 0 bridgehead atoms. The number of nitrogens with zero attached hydrogens (tertiary/aromatic N) is 1. The summed E-state index contributed by atoms with van der Waals surface area (Å²) in [5.74, 6) is -0.306. The Kier molecular flexibility index (Phi) is 10.2. The molecule has 3 aromatic rings. The van der Waals surface area contributed by atoms with Crippen molar-refractivity contribution in [2.24, 2.45) is 0 Å². The molecule has 0 aromatic heterocycles. The van der Waals surface area contributed by atoms with Crippen molar-refractivity contribution < 1.29 is 32.2 Å². The Morgan fingerprint density at radius 1 is 0.805 bits per heavy atom. The van der Waals surface area contributed by atoms with E-state index in [0.29, 0.717) is 19.5 Å². The van der Waals surface area contributed by atoms with Crippen molar-refractivity contribution in [1.29, 1.82) is 0 Å². The first-order valence-electron chi connectivity index (χ1n) is 13.5. The van der Waals surface area contributed by atoms with Crippen LogP contribution < -0.4 is 4.74 Å². The molecule has 0 saturated heterocycles. The molecule has 3 aromatic carbocycles. The SMILES string of the molecule is CCOC(=O)C(C)(C)Oc1cccc(S(=O)(=O)c2ccc(CCN(Cc3ccccc3)C(=O)OC(C)(C)C)cc2)c1. The maximum absolute atomic E-state index is 13.4. The van der Waals surface area contributed by atoms with Gasteiger partial charge in [0.15, 0.2) is 5.60 Å². The van der Waals surface area contributed by atoms with Crippen molar-refractivity contribution in [3.63, 3.8) is 0 Å². The largest absolute Gasteiger partial charge is 0.476 e. The van der Waals surface area contributed by atoms with Gasteiger partial charge in [-0.1, -0.05) is 48.5 Å². The summed E-state index contributed by atoms with van der Waals surface area (Å²) in [5, 5.41) is 0. The Bertz CT molecular complexity index is 1430. The van der Waals surface area contributed by atoms with Crippen LogP contribution in [0, 0.1) is 0 Å². The highest BCUT2D eigenvalue weighted by molar-refractivity contribution is 7.91.